The van der Waals surface area contributed by atoms with Crippen molar-refractivity contribution in [3.8, 4) is 0 Å². The van der Waals surface area contributed by atoms with Gasteiger partial charge in [-0.05, 0) is 70.6 Å². The fraction of sp³-hybridized carbons (Fsp3) is 0.855. The van der Waals surface area contributed by atoms with Crippen molar-refractivity contribution >= 4 is 19.8 Å². The van der Waals surface area contributed by atoms with E-state index in [1.165, 1.54) is 193 Å². The summed E-state index contributed by atoms with van der Waals surface area (Å²) in [5.41, 5.74) is 5.38. The molecule has 0 aliphatic rings. The molecular weight excluding hydrogens is 834 g/mol. The van der Waals surface area contributed by atoms with Gasteiger partial charge in [0.1, 0.15) is 6.61 Å². The molecule has 0 aliphatic heterocycles. The number of phosphoric acid groups is 1. The van der Waals surface area contributed by atoms with Crippen LogP contribution in [0.1, 0.15) is 271 Å². The Bertz CT molecular complexity index is 1160. The summed E-state index contributed by atoms with van der Waals surface area (Å²) in [4.78, 5) is 35.1. The number of unbranched alkanes of at least 4 members (excludes halogenated alkanes) is 33. The summed E-state index contributed by atoms with van der Waals surface area (Å²) in [6.45, 7) is 3.76. The van der Waals surface area contributed by atoms with Crippen molar-refractivity contribution in [2.45, 2.75) is 277 Å². The van der Waals surface area contributed by atoms with Crippen molar-refractivity contribution in [3.63, 3.8) is 0 Å². The molecule has 2 atom stereocenters. The fourth-order valence-corrected chi connectivity index (χ4v) is 8.66. The minimum atomic E-state index is -4.38. The molecule has 0 aromatic carbocycles. The second kappa shape index (κ2) is 51.6. The van der Waals surface area contributed by atoms with Gasteiger partial charge in [-0.1, -0.05) is 224 Å². The van der Waals surface area contributed by atoms with E-state index in [2.05, 4.69) is 50.3 Å². The second-order valence-corrected chi connectivity index (χ2v) is 19.9. The highest BCUT2D eigenvalue weighted by molar-refractivity contribution is 7.47. The summed E-state index contributed by atoms with van der Waals surface area (Å²) in [5.74, 6) is -0.822. The normalized spacial score (nSPS) is 13.4. The van der Waals surface area contributed by atoms with Gasteiger partial charge in [-0.3, -0.25) is 18.6 Å². The van der Waals surface area contributed by atoms with E-state index in [4.69, 9.17) is 24.3 Å². The average Bonchev–Trinajstić information content (AvgIpc) is 3.30. The first-order valence-corrected chi connectivity index (χ1v) is 29.0. The molecule has 3 N–H and O–H groups in total. The van der Waals surface area contributed by atoms with E-state index in [9.17, 15) is 19.0 Å². The Morgan fingerprint density at radius 3 is 1.18 bits per heavy atom. The first-order valence-electron chi connectivity index (χ1n) is 27.5. The molecule has 0 bridgehead atoms. The van der Waals surface area contributed by atoms with Crippen LogP contribution in [0.3, 0.4) is 0 Å². The fourth-order valence-electron chi connectivity index (χ4n) is 7.90. The summed E-state index contributed by atoms with van der Waals surface area (Å²) in [6, 6.07) is 0. The van der Waals surface area contributed by atoms with Crippen molar-refractivity contribution in [2.24, 2.45) is 5.73 Å². The first kappa shape index (κ1) is 63.2. The van der Waals surface area contributed by atoms with Gasteiger partial charge >= 0.3 is 19.8 Å². The van der Waals surface area contributed by atoms with Crippen LogP contribution in [-0.2, 0) is 32.7 Å². The molecule has 9 nitrogen and oxygen atoms in total. The number of carbonyl (C=O) groups is 2. The van der Waals surface area contributed by atoms with Gasteiger partial charge in [-0.25, -0.2) is 4.57 Å². The second-order valence-electron chi connectivity index (χ2n) is 18.4. The van der Waals surface area contributed by atoms with Crippen molar-refractivity contribution in [3.05, 3.63) is 36.5 Å². The van der Waals surface area contributed by atoms with Gasteiger partial charge in [0.25, 0.3) is 0 Å². The number of esters is 2. The lowest BCUT2D eigenvalue weighted by molar-refractivity contribution is -0.161. The Labute approximate surface area is 401 Å². The molecule has 10 heteroatoms. The quantitative estimate of drug-likeness (QED) is 0.0264. The SMILES string of the molecule is CCCCCCC/C=C\C/C=C\CCCCCCCCCCCCCC(=O)OC(COC(=O)CCCCCCCCCCC/C=C\CCCCCCCCCC)COP(=O)(O)OCCN. The summed E-state index contributed by atoms with van der Waals surface area (Å²) in [5, 5.41) is 0. The molecule has 0 aliphatic carbocycles. The summed E-state index contributed by atoms with van der Waals surface area (Å²) in [6.07, 6.45) is 60.4. The molecule has 0 heterocycles. The number of hydrogen-bond acceptors (Lipinski definition) is 8. The van der Waals surface area contributed by atoms with Gasteiger partial charge < -0.3 is 20.1 Å². The maximum atomic E-state index is 12.7. The Morgan fingerprint density at radius 2 is 0.800 bits per heavy atom. The molecule has 382 valence electrons. The Kier molecular flexibility index (Phi) is 50.2. The van der Waals surface area contributed by atoms with Crippen LogP contribution in [0.2, 0.25) is 0 Å². The third-order valence-corrected chi connectivity index (χ3v) is 13.0. The Balaban J connectivity index is 4.00. The van der Waals surface area contributed by atoms with E-state index >= 15 is 0 Å². The average molecular weight is 938 g/mol. The molecule has 0 aromatic rings. The van der Waals surface area contributed by atoms with Gasteiger partial charge in [-0.15, -0.1) is 0 Å². The van der Waals surface area contributed by atoms with Crippen molar-refractivity contribution in [2.75, 3.05) is 26.4 Å². The van der Waals surface area contributed by atoms with Gasteiger partial charge in [0.05, 0.1) is 13.2 Å². The van der Waals surface area contributed by atoms with Crippen LogP contribution in [-0.4, -0.2) is 49.3 Å². The van der Waals surface area contributed by atoms with Gasteiger partial charge in [0.15, 0.2) is 6.10 Å². The molecule has 0 radical (unpaired) electrons. The van der Waals surface area contributed by atoms with Crippen LogP contribution in [0, 0.1) is 0 Å². The zero-order valence-corrected chi connectivity index (χ0v) is 43.4. The Hall–Kier alpha value is -1.77. The van der Waals surface area contributed by atoms with Crippen LogP contribution < -0.4 is 5.73 Å². The number of rotatable bonds is 52. The molecule has 2 unspecified atom stereocenters. The summed E-state index contributed by atoms with van der Waals surface area (Å²) < 4.78 is 33.0. The van der Waals surface area contributed by atoms with Crippen molar-refractivity contribution < 1.29 is 37.6 Å². The smallest absolute Gasteiger partial charge is 0.462 e. The molecule has 0 saturated heterocycles. The van der Waals surface area contributed by atoms with E-state index in [0.29, 0.717) is 6.42 Å². The highest BCUT2D eigenvalue weighted by Gasteiger charge is 2.26. The Morgan fingerprint density at radius 1 is 0.462 bits per heavy atom. The van der Waals surface area contributed by atoms with Crippen molar-refractivity contribution in [1.82, 2.24) is 0 Å². The number of ether oxygens (including phenoxy) is 2. The minimum Gasteiger partial charge on any atom is -0.462 e. The van der Waals surface area contributed by atoms with E-state index in [-0.39, 0.29) is 38.6 Å². The predicted molar refractivity (Wildman–Crippen MR) is 275 cm³/mol. The maximum Gasteiger partial charge on any atom is 0.472 e. The van der Waals surface area contributed by atoms with Crippen LogP contribution in [0.4, 0.5) is 0 Å². The molecule has 0 aromatic heterocycles. The highest BCUT2D eigenvalue weighted by atomic mass is 31.2. The van der Waals surface area contributed by atoms with Crippen LogP contribution in [0.25, 0.3) is 0 Å². The lowest BCUT2D eigenvalue weighted by Crippen LogP contribution is -2.29. The van der Waals surface area contributed by atoms with E-state index < -0.39 is 26.5 Å². The predicted octanol–water partition coefficient (Wildman–Crippen LogP) is 16.8. The molecule has 0 amide bonds. The minimum absolute atomic E-state index is 0.0534. The third kappa shape index (κ3) is 51.5. The van der Waals surface area contributed by atoms with Crippen molar-refractivity contribution in [1.29, 1.82) is 0 Å². The van der Waals surface area contributed by atoms with Crippen LogP contribution >= 0.6 is 7.82 Å². The highest BCUT2D eigenvalue weighted by Crippen LogP contribution is 2.43. The van der Waals surface area contributed by atoms with Crippen LogP contribution in [0.15, 0.2) is 36.5 Å². The van der Waals surface area contributed by atoms with Crippen LogP contribution in [0.5, 0.6) is 0 Å². The van der Waals surface area contributed by atoms with E-state index in [1.807, 2.05) is 0 Å². The molecule has 0 rings (SSSR count). The number of phosphoric ester groups is 1. The lowest BCUT2D eigenvalue weighted by Gasteiger charge is -2.19. The van der Waals surface area contributed by atoms with Gasteiger partial charge in [0, 0.05) is 19.4 Å². The third-order valence-electron chi connectivity index (χ3n) is 12.0. The van der Waals surface area contributed by atoms with Gasteiger partial charge in [-0.2, -0.15) is 0 Å². The molecular formula is C55H104NO8P. The molecule has 0 saturated carbocycles. The van der Waals surface area contributed by atoms with Gasteiger partial charge in [0.2, 0.25) is 0 Å². The maximum absolute atomic E-state index is 12.7. The number of hydrogen-bond donors (Lipinski definition) is 2. The van der Waals surface area contributed by atoms with E-state index in [0.717, 1.165) is 44.9 Å². The summed E-state index contributed by atoms with van der Waals surface area (Å²) in [7, 11) is -4.38. The molecule has 0 fully saturated rings. The largest absolute Gasteiger partial charge is 0.472 e. The topological polar surface area (TPSA) is 134 Å². The lowest BCUT2D eigenvalue weighted by atomic mass is 10.0. The number of carbonyl (C=O) groups excluding carboxylic acids is 2. The number of nitrogens with two attached hydrogens (primary N) is 1. The number of allylic oxidation sites excluding steroid dienone is 6. The molecule has 0 spiro atoms. The zero-order chi connectivity index (χ0) is 47.4. The molecule has 65 heavy (non-hydrogen) atoms. The first-order chi connectivity index (χ1) is 31.8. The van der Waals surface area contributed by atoms with E-state index in [1.54, 1.807) is 0 Å². The zero-order valence-electron chi connectivity index (χ0n) is 42.5. The monoisotopic (exact) mass is 938 g/mol. The summed E-state index contributed by atoms with van der Waals surface area (Å²) >= 11 is 0. The standard InChI is InChI=1S/C55H104NO8P/c1-3-5-7-9-11-13-15-17-19-21-23-25-26-28-30-32-34-36-38-40-42-44-46-48-55(58)64-53(52-63-65(59,60)62-50-49-56)51-61-54(57)47-45-43-41-39-37-35-33-31-29-27-24-22-20-18-16-14-12-10-8-6-4-2/h15,17,21-24,53H,3-14,16,18-20,25-52,56H2,1-2H3,(H,59,60)/b17-15-,23-21-,24-22-.